The summed E-state index contributed by atoms with van der Waals surface area (Å²) in [6, 6.07) is 70.8. The van der Waals surface area contributed by atoms with Crippen LogP contribution in [0.2, 0.25) is 0 Å². The van der Waals surface area contributed by atoms with Crippen LogP contribution in [0.25, 0.3) is 46.6 Å². The average molecular weight is 931 g/mol. The molecule has 0 radical (unpaired) electrons. The predicted octanol–water partition coefficient (Wildman–Crippen LogP) is 18.0. The summed E-state index contributed by atoms with van der Waals surface area (Å²) in [5.41, 5.74) is 21.1. The van der Waals surface area contributed by atoms with Crippen LogP contribution in [-0.4, -0.2) is 0 Å². The van der Waals surface area contributed by atoms with E-state index in [-0.39, 0.29) is 10.8 Å². The molecule has 0 saturated carbocycles. The molecule has 0 heterocycles. The maximum atomic E-state index is 6.95. The molecular formula is C70H58O2. The summed E-state index contributed by atoms with van der Waals surface area (Å²) in [6.45, 7) is 20.2. The van der Waals surface area contributed by atoms with Gasteiger partial charge in [-0.1, -0.05) is 208 Å². The molecule has 2 heteroatoms. The van der Waals surface area contributed by atoms with E-state index in [2.05, 4.69) is 234 Å². The molecule has 0 atom stereocenters. The SMILES string of the molecule is C=Cc1ccc(CC2(Cc3ccc(C=C)cc3)c3ccccc3-c3ccc(Oc4cc(C)c(Oc5ccc6c(c5)C(Cc5ccc(C=C)cc5)(Cc5ccc(C=C)cc5)c5ccccc5-6)cc4C)cc32)cc1. The highest BCUT2D eigenvalue weighted by atomic mass is 16.5. The van der Waals surface area contributed by atoms with Crippen LogP contribution in [-0.2, 0) is 36.5 Å². The highest BCUT2D eigenvalue weighted by molar-refractivity contribution is 5.84. The van der Waals surface area contributed by atoms with E-state index in [1.807, 2.05) is 24.3 Å². The second kappa shape index (κ2) is 19.0. The van der Waals surface area contributed by atoms with Crippen molar-refractivity contribution >= 4 is 24.3 Å². The van der Waals surface area contributed by atoms with Gasteiger partial charge in [0.1, 0.15) is 23.0 Å². The molecule has 2 nitrogen and oxygen atoms in total. The van der Waals surface area contributed by atoms with E-state index in [1.54, 1.807) is 0 Å². The van der Waals surface area contributed by atoms with E-state index in [4.69, 9.17) is 9.47 Å². The summed E-state index contributed by atoms with van der Waals surface area (Å²) in [6.07, 6.45) is 10.9. The van der Waals surface area contributed by atoms with Crippen LogP contribution >= 0.6 is 0 Å². The van der Waals surface area contributed by atoms with Gasteiger partial charge in [0.2, 0.25) is 0 Å². The van der Waals surface area contributed by atoms with Gasteiger partial charge in [-0.2, -0.15) is 0 Å². The van der Waals surface area contributed by atoms with E-state index in [1.165, 1.54) is 66.8 Å². The first-order valence-electron chi connectivity index (χ1n) is 25.0. The van der Waals surface area contributed by atoms with E-state index in [0.717, 1.165) is 82.1 Å². The van der Waals surface area contributed by atoms with Gasteiger partial charge in [0.05, 0.1) is 0 Å². The maximum absolute atomic E-state index is 6.95. The second-order valence-corrected chi connectivity index (χ2v) is 19.7. The Bertz CT molecular complexity index is 3190. The number of hydrogen-bond donors (Lipinski definition) is 0. The summed E-state index contributed by atoms with van der Waals surface area (Å²) in [7, 11) is 0. The third kappa shape index (κ3) is 8.43. The number of rotatable bonds is 16. The molecule has 0 amide bonds. The minimum absolute atomic E-state index is 0.347. The van der Waals surface area contributed by atoms with Crippen molar-refractivity contribution in [2.24, 2.45) is 0 Å². The summed E-state index contributed by atoms with van der Waals surface area (Å²) >= 11 is 0. The minimum atomic E-state index is -0.347. The summed E-state index contributed by atoms with van der Waals surface area (Å²) < 4.78 is 13.9. The molecule has 0 N–H and O–H groups in total. The topological polar surface area (TPSA) is 18.5 Å². The Hall–Kier alpha value is -8.46. The second-order valence-electron chi connectivity index (χ2n) is 19.7. The van der Waals surface area contributed by atoms with E-state index >= 15 is 0 Å². The first-order chi connectivity index (χ1) is 35.2. The fraction of sp³-hybridized carbons (Fsp3) is 0.114. The lowest BCUT2D eigenvalue weighted by Crippen LogP contribution is -2.31. The lowest BCUT2D eigenvalue weighted by atomic mass is 9.69. The molecule has 0 aromatic heterocycles. The molecule has 2 aliphatic carbocycles. The molecule has 0 unspecified atom stereocenters. The molecule has 0 aliphatic heterocycles. The van der Waals surface area contributed by atoms with Crippen molar-refractivity contribution in [1.29, 1.82) is 0 Å². The lowest BCUT2D eigenvalue weighted by molar-refractivity contribution is 0.458. The molecule has 350 valence electrons. The largest absolute Gasteiger partial charge is 0.457 e. The fourth-order valence-electron chi connectivity index (χ4n) is 11.6. The smallest absolute Gasteiger partial charge is 0.130 e. The van der Waals surface area contributed by atoms with Crippen molar-refractivity contribution in [3.8, 4) is 45.3 Å². The quantitative estimate of drug-likeness (QED) is 0.0961. The molecule has 2 aliphatic rings. The van der Waals surface area contributed by atoms with Gasteiger partial charge in [-0.15, -0.1) is 0 Å². The van der Waals surface area contributed by atoms with Crippen LogP contribution in [0.15, 0.2) is 220 Å². The van der Waals surface area contributed by atoms with Gasteiger partial charge < -0.3 is 9.47 Å². The number of ether oxygens (including phenoxy) is 2. The van der Waals surface area contributed by atoms with Gasteiger partial charge in [0, 0.05) is 10.8 Å². The zero-order valence-corrected chi connectivity index (χ0v) is 41.3. The molecule has 11 rings (SSSR count). The number of hydrogen-bond acceptors (Lipinski definition) is 2. The normalized spacial score (nSPS) is 13.2. The predicted molar refractivity (Wildman–Crippen MR) is 302 cm³/mol. The highest BCUT2D eigenvalue weighted by Crippen LogP contribution is 2.55. The van der Waals surface area contributed by atoms with E-state index < -0.39 is 0 Å². The van der Waals surface area contributed by atoms with Crippen molar-refractivity contribution in [3.05, 3.63) is 298 Å². The van der Waals surface area contributed by atoms with E-state index in [0.29, 0.717) is 0 Å². The Morgan fingerprint density at radius 3 is 0.931 bits per heavy atom. The highest BCUT2D eigenvalue weighted by Gasteiger charge is 2.45. The molecule has 0 bridgehead atoms. The van der Waals surface area contributed by atoms with Gasteiger partial charge >= 0.3 is 0 Å². The van der Waals surface area contributed by atoms with Crippen LogP contribution in [0.1, 0.15) is 77.9 Å². The molecule has 72 heavy (non-hydrogen) atoms. The van der Waals surface area contributed by atoms with Crippen LogP contribution in [0.4, 0.5) is 0 Å². The summed E-state index contributed by atoms with van der Waals surface area (Å²) in [4.78, 5) is 0. The maximum Gasteiger partial charge on any atom is 0.130 e. The average Bonchev–Trinajstić information content (AvgIpc) is 3.83. The standard InChI is InChI=1S/C70H58O2/c1-7-49-19-27-53(28-20-49)43-69(44-54-29-21-50(8-2)22-30-54)63-17-13-11-15-59(63)61-37-35-57(41-65(61)69)71-67-39-48(6)68(40-47(67)5)72-58-36-38-62-60-16-12-14-18-64(60)70(66(62)42-58,45-55-31-23-51(9-3)24-32-55)46-56-33-25-52(10-4)26-34-56/h7-42H,1-4,43-46H2,5-6H3. The van der Waals surface area contributed by atoms with Crippen LogP contribution < -0.4 is 9.47 Å². The van der Waals surface area contributed by atoms with E-state index in [9.17, 15) is 0 Å². The summed E-state index contributed by atoms with van der Waals surface area (Å²) in [5.74, 6) is 3.21. The van der Waals surface area contributed by atoms with Gasteiger partial charge in [-0.25, -0.2) is 0 Å². The van der Waals surface area contributed by atoms with Crippen molar-refractivity contribution in [1.82, 2.24) is 0 Å². The van der Waals surface area contributed by atoms with Gasteiger partial charge in [0.15, 0.2) is 0 Å². The zero-order chi connectivity index (χ0) is 49.4. The Labute approximate surface area is 425 Å². The van der Waals surface area contributed by atoms with Crippen molar-refractivity contribution in [2.45, 2.75) is 50.4 Å². The number of fused-ring (bicyclic) bond motifs is 6. The molecule has 0 spiro atoms. The lowest BCUT2D eigenvalue weighted by Gasteiger charge is -2.33. The summed E-state index contributed by atoms with van der Waals surface area (Å²) in [5, 5.41) is 0. The van der Waals surface area contributed by atoms with Gasteiger partial charge in [0.25, 0.3) is 0 Å². The monoisotopic (exact) mass is 930 g/mol. The molecule has 9 aromatic carbocycles. The van der Waals surface area contributed by atoms with Crippen LogP contribution in [0.3, 0.4) is 0 Å². The van der Waals surface area contributed by atoms with Gasteiger partial charge in [-0.05, 0) is 176 Å². The Morgan fingerprint density at radius 2 is 0.625 bits per heavy atom. The van der Waals surface area contributed by atoms with Crippen molar-refractivity contribution < 1.29 is 9.47 Å². The Morgan fingerprint density at radius 1 is 0.333 bits per heavy atom. The molecule has 9 aromatic rings. The van der Waals surface area contributed by atoms with Crippen LogP contribution in [0.5, 0.6) is 23.0 Å². The Balaban J connectivity index is 0.935. The zero-order valence-electron chi connectivity index (χ0n) is 41.3. The number of aryl methyl sites for hydroxylation is 2. The molecule has 0 fully saturated rings. The van der Waals surface area contributed by atoms with Crippen molar-refractivity contribution in [3.63, 3.8) is 0 Å². The van der Waals surface area contributed by atoms with Crippen molar-refractivity contribution in [2.75, 3.05) is 0 Å². The number of benzene rings is 9. The first kappa shape index (κ1) is 46.0. The first-order valence-corrected chi connectivity index (χ1v) is 25.0. The minimum Gasteiger partial charge on any atom is -0.457 e. The third-order valence-corrected chi connectivity index (χ3v) is 15.3. The molecular weight excluding hydrogens is 873 g/mol. The molecule has 0 saturated heterocycles. The third-order valence-electron chi connectivity index (χ3n) is 15.3. The Kier molecular flexibility index (Phi) is 12.2. The fourth-order valence-corrected chi connectivity index (χ4v) is 11.6. The van der Waals surface area contributed by atoms with Crippen LogP contribution in [0, 0.1) is 13.8 Å². The van der Waals surface area contributed by atoms with Gasteiger partial charge in [-0.3, -0.25) is 0 Å².